The van der Waals surface area contributed by atoms with Crippen LogP contribution in [0.3, 0.4) is 0 Å². The number of anilines is 1. The lowest BCUT2D eigenvalue weighted by molar-refractivity contribution is -0.131. The summed E-state index contributed by atoms with van der Waals surface area (Å²) in [4.78, 5) is 24.2. The molecule has 28 heavy (non-hydrogen) atoms. The number of nitrogens with one attached hydrogen (secondary N) is 2. The molecule has 0 bridgehead atoms. The van der Waals surface area contributed by atoms with Gasteiger partial charge >= 0.3 is 0 Å². The standard InChI is InChI=1S/C19H19ClFN3O4/c1-3-28-16-9-12(8-13(20)17(16)25)10-22-24-19(27)11(2)18(26)23-15-7-5-4-6-14(15)21/h4-11,25H,3H2,1-2H3,(H,23,26)(H,24,27). The molecule has 0 aliphatic carbocycles. The summed E-state index contributed by atoms with van der Waals surface area (Å²) in [5, 5.41) is 16.0. The molecule has 0 fully saturated rings. The molecule has 2 aromatic carbocycles. The summed E-state index contributed by atoms with van der Waals surface area (Å²) in [7, 11) is 0. The number of rotatable bonds is 7. The van der Waals surface area contributed by atoms with Gasteiger partial charge in [0.1, 0.15) is 11.7 Å². The van der Waals surface area contributed by atoms with Gasteiger partial charge in [0.25, 0.3) is 5.91 Å². The van der Waals surface area contributed by atoms with Gasteiger partial charge in [0, 0.05) is 0 Å². The Morgan fingerprint density at radius 2 is 2.04 bits per heavy atom. The fourth-order valence-electron chi connectivity index (χ4n) is 2.12. The van der Waals surface area contributed by atoms with Gasteiger partial charge < -0.3 is 15.2 Å². The number of aromatic hydroxyl groups is 1. The molecular formula is C19H19ClFN3O4. The molecular weight excluding hydrogens is 389 g/mol. The Hall–Kier alpha value is -3.13. The van der Waals surface area contributed by atoms with E-state index in [0.29, 0.717) is 12.2 Å². The molecule has 2 amide bonds. The summed E-state index contributed by atoms with van der Waals surface area (Å²) in [6.07, 6.45) is 1.28. The van der Waals surface area contributed by atoms with Crippen LogP contribution in [0.15, 0.2) is 41.5 Å². The average molecular weight is 408 g/mol. The molecule has 0 aliphatic heterocycles. The van der Waals surface area contributed by atoms with E-state index in [-0.39, 0.29) is 22.2 Å². The number of carbonyl (C=O) groups is 2. The van der Waals surface area contributed by atoms with E-state index in [4.69, 9.17) is 16.3 Å². The monoisotopic (exact) mass is 407 g/mol. The molecule has 0 aromatic heterocycles. The number of phenolic OH excluding ortho intramolecular Hbond substituents is 1. The SMILES string of the molecule is CCOc1cc(C=NNC(=O)C(C)C(=O)Nc2ccccc2F)cc(Cl)c1O. The fraction of sp³-hybridized carbons (Fsp3) is 0.211. The number of amides is 2. The van der Waals surface area contributed by atoms with Crippen molar-refractivity contribution in [3.8, 4) is 11.5 Å². The van der Waals surface area contributed by atoms with Crippen molar-refractivity contribution in [1.29, 1.82) is 0 Å². The lowest BCUT2D eigenvalue weighted by atomic mass is 10.1. The number of para-hydroxylation sites is 1. The largest absolute Gasteiger partial charge is 0.503 e. The van der Waals surface area contributed by atoms with Gasteiger partial charge in [-0.05, 0) is 43.7 Å². The van der Waals surface area contributed by atoms with Crippen molar-refractivity contribution >= 4 is 35.3 Å². The van der Waals surface area contributed by atoms with E-state index < -0.39 is 23.5 Å². The lowest BCUT2D eigenvalue weighted by Gasteiger charge is -2.11. The van der Waals surface area contributed by atoms with Crippen molar-refractivity contribution in [3.05, 3.63) is 52.8 Å². The fourth-order valence-corrected chi connectivity index (χ4v) is 2.34. The number of carbonyl (C=O) groups excluding carboxylic acids is 2. The van der Waals surface area contributed by atoms with Gasteiger partial charge in [-0.15, -0.1) is 0 Å². The van der Waals surface area contributed by atoms with Crippen molar-refractivity contribution in [1.82, 2.24) is 5.43 Å². The second-order valence-corrected chi connectivity index (χ2v) is 6.11. The normalized spacial score (nSPS) is 11.9. The molecule has 7 nitrogen and oxygen atoms in total. The molecule has 2 rings (SSSR count). The molecule has 9 heteroatoms. The molecule has 0 heterocycles. The first-order chi connectivity index (χ1) is 13.3. The van der Waals surface area contributed by atoms with Gasteiger partial charge in [0.2, 0.25) is 5.91 Å². The summed E-state index contributed by atoms with van der Waals surface area (Å²) >= 11 is 5.92. The summed E-state index contributed by atoms with van der Waals surface area (Å²) in [5.74, 6) is -3.08. The third kappa shape index (κ3) is 5.43. The predicted octanol–water partition coefficient (Wildman–Crippen LogP) is 3.31. The first-order valence-corrected chi connectivity index (χ1v) is 8.74. The van der Waals surface area contributed by atoms with Crippen LogP contribution < -0.4 is 15.5 Å². The minimum atomic E-state index is -1.11. The Labute approximate surface area is 166 Å². The van der Waals surface area contributed by atoms with Crippen LogP contribution in [-0.4, -0.2) is 29.7 Å². The zero-order valence-electron chi connectivity index (χ0n) is 15.2. The number of hydrazone groups is 1. The maximum absolute atomic E-state index is 13.6. The van der Waals surface area contributed by atoms with E-state index in [1.165, 1.54) is 43.5 Å². The molecule has 3 N–H and O–H groups in total. The average Bonchev–Trinajstić information content (AvgIpc) is 2.66. The van der Waals surface area contributed by atoms with Gasteiger partial charge in [-0.3, -0.25) is 9.59 Å². The third-order valence-electron chi connectivity index (χ3n) is 3.66. The maximum atomic E-state index is 13.6. The Bertz CT molecular complexity index is 905. The van der Waals surface area contributed by atoms with E-state index in [2.05, 4.69) is 15.8 Å². The third-order valence-corrected chi connectivity index (χ3v) is 3.95. The number of nitrogens with zero attached hydrogens (tertiary/aromatic N) is 1. The van der Waals surface area contributed by atoms with Crippen molar-refractivity contribution in [2.45, 2.75) is 13.8 Å². The molecule has 148 valence electrons. The highest BCUT2D eigenvalue weighted by Crippen LogP contribution is 2.34. The topological polar surface area (TPSA) is 100 Å². The van der Waals surface area contributed by atoms with Gasteiger partial charge in [0.15, 0.2) is 11.5 Å². The van der Waals surface area contributed by atoms with Crippen LogP contribution in [0.25, 0.3) is 0 Å². The molecule has 1 unspecified atom stereocenters. The van der Waals surface area contributed by atoms with Crippen LogP contribution in [0.5, 0.6) is 11.5 Å². The second-order valence-electron chi connectivity index (χ2n) is 5.71. The summed E-state index contributed by atoms with van der Waals surface area (Å²) in [6, 6.07) is 8.57. The summed E-state index contributed by atoms with van der Waals surface area (Å²) < 4.78 is 18.8. The van der Waals surface area contributed by atoms with E-state index in [9.17, 15) is 19.1 Å². The summed E-state index contributed by atoms with van der Waals surface area (Å²) in [6.45, 7) is 3.45. The number of ether oxygens (including phenoxy) is 1. The van der Waals surface area contributed by atoms with Crippen LogP contribution in [0.4, 0.5) is 10.1 Å². The van der Waals surface area contributed by atoms with E-state index in [1.807, 2.05) is 0 Å². The molecule has 2 aromatic rings. The predicted molar refractivity (Wildman–Crippen MR) is 104 cm³/mol. The number of hydrogen-bond acceptors (Lipinski definition) is 5. The van der Waals surface area contributed by atoms with Gasteiger partial charge in [-0.1, -0.05) is 23.7 Å². The first-order valence-electron chi connectivity index (χ1n) is 8.37. The number of hydrogen-bond donors (Lipinski definition) is 3. The molecule has 0 spiro atoms. The second kappa shape index (κ2) is 9.70. The first kappa shape index (κ1) is 21.2. The zero-order chi connectivity index (χ0) is 20.7. The van der Waals surface area contributed by atoms with E-state index >= 15 is 0 Å². The van der Waals surface area contributed by atoms with Crippen LogP contribution in [0.2, 0.25) is 5.02 Å². The van der Waals surface area contributed by atoms with Crippen LogP contribution in [-0.2, 0) is 9.59 Å². The maximum Gasteiger partial charge on any atom is 0.252 e. The Balaban J connectivity index is 1.99. The van der Waals surface area contributed by atoms with E-state index in [1.54, 1.807) is 13.0 Å². The highest BCUT2D eigenvalue weighted by molar-refractivity contribution is 6.32. The van der Waals surface area contributed by atoms with Gasteiger partial charge in [-0.2, -0.15) is 5.10 Å². The lowest BCUT2D eigenvalue weighted by Crippen LogP contribution is -2.34. The summed E-state index contributed by atoms with van der Waals surface area (Å²) in [5.41, 5.74) is 2.68. The Kier molecular flexibility index (Phi) is 7.34. The molecule has 0 radical (unpaired) electrons. The molecule has 0 saturated carbocycles. The Morgan fingerprint density at radius 1 is 1.32 bits per heavy atom. The van der Waals surface area contributed by atoms with Crippen LogP contribution in [0, 0.1) is 11.7 Å². The number of benzene rings is 2. The van der Waals surface area contributed by atoms with Crippen molar-refractivity contribution in [2.75, 3.05) is 11.9 Å². The molecule has 0 aliphatic rings. The van der Waals surface area contributed by atoms with Crippen molar-refractivity contribution in [3.63, 3.8) is 0 Å². The quantitative estimate of drug-likeness (QED) is 0.372. The molecule has 1 atom stereocenters. The highest BCUT2D eigenvalue weighted by Gasteiger charge is 2.22. The van der Waals surface area contributed by atoms with Gasteiger partial charge in [-0.25, -0.2) is 9.82 Å². The number of halogens is 2. The van der Waals surface area contributed by atoms with Crippen molar-refractivity contribution in [2.24, 2.45) is 11.0 Å². The molecule has 0 saturated heterocycles. The minimum absolute atomic E-state index is 0.0159. The van der Waals surface area contributed by atoms with Crippen LogP contribution in [0.1, 0.15) is 19.4 Å². The zero-order valence-corrected chi connectivity index (χ0v) is 16.0. The minimum Gasteiger partial charge on any atom is -0.503 e. The van der Waals surface area contributed by atoms with Crippen molar-refractivity contribution < 1.29 is 23.8 Å². The smallest absolute Gasteiger partial charge is 0.252 e. The van der Waals surface area contributed by atoms with Gasteiger partial charge in [0.05, 0.1) is 23.5 Å². The van der Waals surface area contributed by atoms with E-state index in [0.717, 1.165) is 0 Å². The van der Waals surface area contributed by atoms with Crippen LogP contribution >= 0.6 is 11.6 Å². The number of phenols is 1. The highest BCUT2D eigenvalue weighted by atomic mass is 35.5. The Morgan fingerprint density at radius 3 is 2.71 bits per heavy atom.